The van der Waals surface area contributed by atoms with Gasteiger partial charge in [0.2, 0.25) is 5.91 Å². The molecule has 1 N–H and O–H groups in total. The SMILES string of the molecule is CNC(=O)C[C@@H](C)N(C)Cc1cc2c(cc1OC)CCC2. The number of methoxy groups -OCH3 is 1. The molecule has 1 atom stereocenters. The molecule has 4 heteroatoms. The molecule has 1 aliphatic carbocycles. The van der Waals surface area contributed by atoms with Gasteiger partial charge in [-0.2, -0.15) is 0 Å². The Morgan fingerprint density at radius 3 is 2.67 bits per heavy atom. The predicted octanol–water partition coefficient (Wildman–Crippen LogP) is 2.14. The highest BCUT2D eigenvalue weighted by molar-refractivity contribution is 5.76. The van der Waals surface area contributed by atoms with Crippen LogP contribution >= 0.6 is 0 Å². The van der Waals surface area contributed by atoms with E-state index in [1.54, 1.807) is 14.2 Å². The summed E-state index contributed by atoms with van der Waals surface area (Å²) in [5, 5.41) is 2.68. The van der Waals surface area contributed by atoms with E-state index in [9.17, 15) is 4.79 Å². The Kier molecular flexibility index (Phi) is 5.23. The molecular formula is C17H26N2O2. The molecule has 1 amide bonds. The zero-order valence-electron chi connectivity index (χ0n) is 13.5. The molecule has 2 rings (SSSR count). The van der Waals surface area contributed by atoms with E-state index in [0.717, 1.165) is 18.7 Å². The third kappa shape index (κ3) is 3.76. The maximum Gasteiger partial charge on any atom is 0.221 e. The van der Waals surface area contributed by atoms with Gasteiger partial charge in [0.25, 0.3) is 0 Å². The molecule has 0 saturated heterocycles. The van der Waals surface area contributed by atoms with Crippen molar-refractivity contribution in [1.29, 1.82) is 0 Å². The maximum absolute atomic E-state index is 11.5. The zero-order valence-corrected chi connectivity index (χ0v) is 13.5. The smallest absolute Gasteiger partial charge is 0.221 e. The van der Waals surface area contributed by atoms with E-state index in [0.29, 0.717) is 6.42 Å². The molecule has 0 aliphatic heterocycles. The molecule has 0 heterocycles. The number of nitrogens with one attached hydrogen (secondary N) is 1. The van der Waals surface area contributed by atoms with Crippen LogP contribution < -0.4 is 10.1 Å². The Morgan fingerprint density at radius 2 is 2.05 bits per heavy atom. The fourth-order valence-corrected chi connectivity index (χ4v) is 2.92. The molecule has 0 unspecified atom stereocenters. The van der Waals surface area contributed by atoms with Crippen molar-refractivity contribution in [1.82, 2.24) is 10.2 Å². The van der Waals surface area contributed by atoms with Crippen molar-refractivity contribution < 1.29 is 9.53 Å². The first-order chi connectivity index (χ1) is 10.0. The summed E-state index contributed by atoms with van der Waals surface area (Å²) in [6.45, 7) is 2.88. The molecule has 4 nitrogen and oxygen atoms in total. The van der Waals surface area contributed by atoms with Gasteiger partial charge in [-0.1, -0.05) is 6.07 Å². The summed E-state index contributed by atoms with van der Waals surface area (Å²) in [7, 11) is 5.47. The molecule has 0 fully saturated rings. The van der Waals surface area contributed by atoms with Crippen molar-refractivity contribution >= 4 is 5.91 Å². The molecule has 21 heavy (non-hydrogen) atoms. The highest BCUT2D eigenvalue weighted by atomic mass is 16.5. The van der Waals surface area contributed by atoms with Crippen LogP contribution in [0.1, 0.15) is 36.5 Å². The first kappa shape index (κ1) is 15.8. The normalized spacial score (nSPS) is 14.9. The molecule has 1 aromatic carbocycles. The van der Waals surface area contributed by atoms with Crippen LogP contribution in [0.2, 0.25) is 0 Å². The lowest BCUT2D eigenvalue weighted by Gasteiger charge is -2.25. The molecule has 1 aromatic rings. The second kappa shape index (κ2) is 6.94. The lowest BCUT2D eigenvalue weighted by molar-refractivity contribution is -0.121. The molecule has 116 valence electrons. The third-order valence-corrected chi connectivity index (χ3v) is 4.43. The minimum Gasteiger partial charge on any atom is -0.496 e. The van der Waals surface area contributed by atoms with Crippen molar-refractivity contribution in [2.75, 3.05) is 21.2 Å². The van der Waals surface area contributed by atoms with Gasteiger partial charge in [0.1, 0.15) is 5.75 Å². The van der Waals surface area contributed by atoms with Gasteiger partial charge >= 0.3 is 0 Å². The minimum atomic E-state index is 0.0790. The van der Waals surface area contributed by atoms with Crippen molar-refractivity contribution in [3.8, 4) is 5.75 Å². The number of hydrogen-bond acceptors (Lipinski definition) is 3. The molecule has 0 bridgehead atoms. The number of fused-ring (bicyclic) bond motifs is 1. The molecular weight excluding hydrogens is 264 g/mol. The van der Waals surface area contributed by atoms with Crippen LogP contribution in [-0.4, -0.2) is 38.1 Å². The van der Waals surface area contributed by atoms with Crippen LogP contribution in [0.25, 0.3) is 0 Å². The fourth-order valence-electron chi connectivity index (χ4n) is 2.92. The average molecular weight is 290 g/mol. The molecule has 0 spiro atoms. The highest BCUT2D eigenvalue weighted by Gasteiger charge is 2.18. The third-order valence-electron chi connectivity index (χ3n) is 4.43. The van der Waals surface area contributed by atoms with Crippen molar-refractivity contribution in [2.24, 2.45) is 0 Å². The Bertz CT molecular complexity index is 514. The van der Waals surface area contributed by atoms with Gasteiger partial charge in [-0.15, -0.1) is 0 Å². The van der Waals surface area contributed by atoms with E-state index < -0.39 is 0 Å². The minimum absolute atomic E-state index is 0.0790. The van der Waals surface area contributed by atoms with Gasteiger partial charge < -0.3 is 10.1 Å². The second-order valence-electron chi connectivity index (χ2n) is 5.93. The number of carbonyl (C=O) groups is 1. The van der Waals surface area contributed by atoms with E-state index in [1.807, 2.05) is 0 Å². The Hall–Kier alpha value is -1.55. The average Bonchev–Trinajstić information content (AvgIpc) is 2.93. The molecule has 0 saturated carbocycles. The number of amides is 1. The number of rotatable bonds is 6. The number of nitrogens with zero attached hydrogens (tertiary/aromatic N) is 1. The summed E-state index contributed by atoms with van der Waals surface area (Å²) in [6, 6.07) is 4.67. The number of hydrogen-bond donors (Lipinski definition) is 1. The lowest BCUT2D eigenvalue weighted by Crippen LogP contribution is -2.33. The molecule has 0 aromatic heterocycles. The Labute approximate surface area is 127 Å². The van der Waals surface area contributed by atoms with Gasteiger partial charge in [-0.05, 0) is 50.4 Å². The van der Waals surface area contributed by atoms with E-state index >= 15 is 0 Å². The van der Waals surface area contributed by atoms with Gasteiger partial charge in [0.15, 0.2) is 0 Å². The summed E-state index contributed by atoms with van der Waals surface area (Å²) in [4.78, 5) is 13.7. The highest BCUT2D eigenvalue weighted by Crippen LogP contribution is 2.30. The van der Waals surface area contributed by atoms with Crippen LogP contribution in [0.4, 0.5) is 0 Å². The summed E-state index contributed by atoms with van der Waals surface area (Å²) >= 11 is 0. The van der Waals surface area contributed by atoms with Crippen LogP contribution in [-0.2, 0) is 24.2 Å². The van der Waals surface area contributed by atoms with Gasteiger partial charge in [0, 0.05) is 31.6 Å². The zero-order chi connectivity index (χ0) is 15.4. The number of aryl methyl sites for hydroxylation is 2. The van der Waals surface area contributed by atoms with Crippen LogP contribution in [0.5, 0.6) is 5.75 Å². The van der Waals surface area contributed by atoms with Gasteiger partial charge in [-0.3, -0.25) is 9.69 Å². The van der Waals surface area contributed by atoms with Gasteiger partial charge in [-0.25, -0.2) is 0 Å². The van der Waals surface area contributed by atoms with Crippen molar-refractivity contribution in [3.05, 3.63) is 28.8 Å². The number of benzene rings is 1. The summed E-state index contributed by atoms with van der Waals surface area (Å²) in [6.07, 6.45) is 4.09. The largest absolute Gasteiger partial charge is 0.496 e. The predicted molar refractivity (Wildman–Crippen MR) is 84.6 cm³/mol. The second-order valence-corrected chi connectivity index (χ2v) is 5.93. The monoisotopic (exact) mass is 290 g/mol. The summed E-state index contributed by atoms with van der Waals surface area (Å²) in [5.41, 5.74) is 4.10. The molecule has 1 aliphatic rings. The molecule has 0 radical (unpaired) electrons. The topological polar surface area (TPSA) is 41.6 Å². The van der Waals surface area contributed by atoms with E-state index in [-0.39, 0.29) is 11.9 Å². The standard InChI is InChI=1S/C17H26N2O2/c1-12(8-17(20)18-2)19(3)11-15-9-13-6-5-7-14(13)10-16(15)21-4/h9-10,12H,5-8,11H2,1-4H3,(H,18,20)/t12-/m1/s1. The van der Waals surface area contributed by atoms with E-state index in [1.165, 1.54) is 29.5 Å². The van der Waals surface area contributed by atoms with Crippen LogP contribution in [0.15, 0.2) is 12.1 Å². The summed E-state index contributed by atoms with van der Waals surface area (Å²) < 4.78 is 5.55. The Morgan fingerprint density at radius 1 is 1.38 bits per heavy atom. The van der Waals surface area contributed by atoms with Crippen molar-refractivity contribution in [3.63, 3.8) is 0 Å². The number of carbonyl (C=O) groups excluding carboxylic acids is 1. The number of ether oxygens (including phenoxy) is 1. The Balaban J connectivity index is 2.09. The van der Waals surface area contributed by atoms with Crippen molar-refractivity contribution in [2.45, 2.75) is 45.2 Å². The lowest BCUT2D eigenvalue weighted by atomic mass is 10.0. The van der Waals surface area contributed by atoms with Crippen LogP contribution in [0, 0.1) is 0 Å². The summed E-state index contributed by atoms with van der Waals surface area (Å²) in [5.74, 6) is 1.05. The quantitative estimate of drug-likeness (QED) is 0.873. The van der Waals surface area contributed by atoms with E-state index in [2.05, 4.69) is 36.3 Å². The van der Waals surface area contributed by atoms with Gasteiger partial charge in [0.05, 0.1) is 7.11 Å². The fraction of sp³-hybridized carbons (Fsp3) is 0.588. The van der Waals surface area contributed by atoms with E-state index in [4.69, 9.17) is 4.74 Å². The maximum atomic E-state index is 11.5. The van der Waals surface area contributed by atoms with Crippen LogP contribution in [0.3, 0.4) is 0 Å². The first-order valence-corrected chi connectivity index (χ1v) is 7.64. The first-order valence-electron chi connectivity index (χ1n) is 7.64.